The van der Waals surface area contributed by atoms with Crippen LogP contribution in [0.4, 0.5) is 0 Å². The molecule has 0 nitrogen and oxygen atoms in total. The Hall–Kier alpha value is -1.68. The van der Waals surface area contributed by atoms with Crippen molar-refractivity contribution in [2.45, 2.75) is 0 Å². The monoisotopic (exact) mass is 538 g/mol. The number of rotatable bonds is 1. The van der Waals surface area contributed by atoms with Gasteiger partial charge in [0.05, 0.1) is 0 Å². The molecule has 0 heterocycles. The van der Waals surface area contributed by atoms with Crippen molar-refractivity contribution in [3.8, 4) is 11.1 Å². The molecule has 0 amide bonds. The molecular weight excluding hydrogens is 528 g/mol. The van der Waals surface area contributed by atoms with Gasteiger partial charge in [-0.25, -0.2) is 0 Å². The van der Waals surface area contributed by atoms with Crippen LogP contribution in [0.25, 0.3) is 43.4 Å². The van der Waals surface area contributed by atoms with E-state index in [1.165, 1.54) is 43.4 Å². The Morgan fingerprint density at radius 3 is 1.33 bits per heavy atom. The molecule has 5 aromatic rings. The third-order valence-corrected chi connectivity index (χ3v) is 6.55. The second-order valence-electron chi connectivity index (χ2n) is 6.65. The topological polar surface area (TPSA) is 0 Å². The SMILES string of the molecule is Brc1ccc(-c2ccc3c4ccc(Br)cc4c4cc(Br)ccc4c3c2)cc1. The van der Waals surface area contributed by atoms with E-state index in [0.717, 1.165) is 13.4 Å². The molecule has 0 aromatic heterocycles. The van der Waals surface area contributed by atoms with E-state index < -0.39 is 0 Å². The summed E-state index contributed by atoms with van der Waals surface area (Å²) in [6.07, 6.45) is 0. The summed E-state index contributed by atoms with van der Waals surface area (Å²) in [5, 5.41) is 7.66. The van der Waals surface area contributed by atoms with Gasteiger partial charge >= 0.3 is 0 Å². The maximum atomic E-state index is 3.64. The maximum Gasteiger partial charge on any atom is 0.0181 e. The van der Waals surface area contributed by atoms with Crippen LogP contribution in [0.15, 0.2) is 92.3 Å². The molecule has 0 bridgehead atoms. The van der Waals surface area contributed by atoms with Crippen molar-refractivity contribution in [1.82, 2.24) is 0 Å². The lowest BCUT2D eigenvalue weighted by Crippen LogP contribution is -1.85. The van der Waals surface area contributed by atoms with E-state index in [1.54, 1.807) is 0 Å². The summed E-state index contributed by atoms with van der Waals surface area (Å²) in [5.41, 5.74) is 2.46. The quantitative estimate of drug-likeness (QED) is 0.186. The van der Waals surface area contributed by atoms with Crippen molar-refractivity contribution in [2.75, 3.05) is 0 Å². The van der Waals surface area contributed by atoms with E-state index in [2.05, 4.69) is 127 Å². The van der Waals surface area contributed by atoms with Gasteiger partial charge in [-0.2, -0.15) is 0 Å². The van der Waals surface area contributed by atoms with Crippen molar-refractivity contribution < 1.29 is 0 Å². The standard InChI is InChI=1S/C24H13Br3/c25-16-4-1-14(2-5-16)15-3-8-19-20-9-6-17(26)12-23(20)24-13-18(27)7-10-21(24)22(19)11-15/h1-13H. The van der Waals surface area contributed by atoms with Crippen molar-refractivity contribution >= 4 is 80.1 Å². The Morgan fingerprint density at radius 2 is 0.741 bits per heavy atom. The first-order chi connectivity index (χ1) is 13.1. The predicted octanol–water partition coefficient (Wildman–Crippen LogP) is 9.10. The van der Waals surface area contributed by atoms with E-state index in [4.69, 9.17) is 0 Å². The van der Waals surface area contributed by atoms with Gasteiger partial charge in [-0.1, -0.05) is 84.2 Å². The fraction of sp³-hybridized carbons (Fsp3) is 0. The van der Waals surface area contributed by atoms with Crippen LogP contribution in [0.3, 0.4) is 0 Å². The largest absolute Gasteiger partial charge is 0.0537 e. The first-order valence-electron chi connectivity index (χ1n) is 8.60. The molecule has 0 saturated heterocycles. The third kappa shape index (κ3) is 3.02. The maximum absolute atomic E-state index is 3.64. The summed E-state index contributed by atoms with van der Waals surface area (Å²) in [4.78, 5) is 0. The van der Waals surface area contributed by atoms with Crippen molar-refractivity contribution in [1.29, 1.82) is 0 Å². The lowest BCUT2D eigenvalue weighted by atomic mass is 9.92. The Balaban J connectivity index is 1.92. The molecule has 0 aliphatic heterocycles. The van der Waals surface area contributed by atoms with Crippen LogP contribution in [0.1, 0.15) is 0 Å². The van der Waals surface area contributed by atoms with Crippen LogP contribution in [0.5, 0.6) is 0 Å². The fourth-order valence-corrected chi connectivity index (χ4v) is 4.76. The third-order valence-electron chi connectivity index (χ3n) is 5.03. The Morgan fingerprint density at radius 1 is 0.333 bits per heavy atom. The number of hydrogen-bond acceptors (Lipinski definition) is 0. The Bertz CT molecular complexity index is 1340. The van der Waals surface area contributed by atoms with Crippen LogP contribution >= 0.6 is 47.8 Å². The zero-order chi connectivity index (χ0) is 18.5. The average molecular weight is 541 g/mol. The van der Waals surface area contributed by atoms with Gasteiger partial charge in [0.25, 0.3) is 0 Å². The van der Waals surface area contributed by atoms with Gasteiger partial charge in [0.1, 0.15) is 0 Å². The Kier molecular flexibility index (Phi) is 4.34. The molecule has 0 N–H and O–H groups in total. The van der Waals surface area contributed by atoms with Crippen LogP contribution in [0.2, 0.25) is 0 Å². The zero-order valence-electron chi connectivity index (χ0n) is 14.1. The summed E-state index contributed by atoms with van der Waals surface area (Å²) in [5.74, 6) is 0. The zero-order valence-corrected chi connectivity index (χ0v) is 18.9. The first-order valence-corrected chi connectivity index (χ1v) is 11.0. The Labute approximate surface area is 182 Å². The van der Waals surface area contributed by atoms with Gasteiger partial charge in [-0.15, -0.1) is 0 Å². The molecule has 5 aromatic carbocycles. The van der Waals surface area contributed by atoms with E-state index in [0.29, 0.717) is 0 Å². The van der Waals surface area contributed by atoms with Crippen LogP contribution in [-0.2, 0) is 0 Å². The average Bonchev–Trinajstić information content (AvgIpc) is 2.68. The molecular formula is C24H13Br3. The number of hydrogen-bond donors (Lipinski definition) is 0. The van der Waals surface area contributed by atoms with Crippen LogP contribution < -0.4 is 0 Å². The minimum absolute atomic E-state index is 1.10. The van der Waals surface area contributed by atoms with Gasteiger partial charge in [0.2, 0.25) is 0 Å². The van der Waals surface area contributed by atoms with Gasteiger partial charge in [-0.3, -0.25) is 0 Å². The molecule has 0 atom stereocenters. The molecule has 3 heteroatoms. The van der Waals surface area contributed by atoms with Crippen molar-refractivity contribution in [3.63, 3.8) is 0 Å². The van der Waals surface area contributed by atoms with E-state index in [-0.39, 0.29) is 0 Å². The number of fused-ring (bicyclic) bond motifs is 6. The summed E-state index contributed by atoms with van der Waals surface area (Å²) in [6, 6.07) is 28.4. The highest BCUT2D eigenvalue weighted by atomic mass is 79.9. The fourth-order valence-electron chi connectivity index (χ4n) is 3.77. The summed E-state index contributed by atoms with van der Waals surface area (Å²) >= 11 is 10.8. The molecule has 0 aliphatic carbocycles. The van der Waals surface area contributed by atoms with Crippen LogP contribution in [-0.4, -0.2) is 0 Å². The van der Waals surface area contributed by atoms with Gasteiger partial charge in [-0.05, 0) is 85.9 Å². The molecule has 27 heavy (non-hydrogen) atoms. The lowest BCUT2D eigenvalue weighted by molar-refractivity contribution is 1.62. The van der Waals surface area contributed by atoms with Crippen molar-refractivity contribution in [2.24, 2.45) is 0 Å². The number of benzene rings is 5. The summed E-state index contributed by atoms with van der Waals surface area (Å²) in [6.45, 7) is 0. The minimum atomic E-state index is 1.10. The lowest BCUT2D eigenvalue weighted by Gasteiger charge is -2.13. The first kappa shape index (κ1) is 17.4. The highest BCUT2D eigenvalue weighted by Crippen LogP contribution is 2.39. The second kappa shape index (κ2) is 6.73. The summed E-state index contributed by atoms with van der Waals surface area (Å²) < 4.78 is 3.29. The molecule has 0 radical (unpaired) electrons. The van der Waals surface area contributed by atoms with Gasteiger partial charge in [0, 0.05) is 13.4 Å². The van der Waals surface area contributed by atoms with Crippen molar-refractivity contribution in [3.05, 3.63) is 92.3 Å². The second-order valence-corrected chi connectivity index (χ2v) is 9.39. The van der Waals surface area contributed by atoms with E-state index in [9.17, 15) is 0 Å². The predicted molar refractivity (Wildman–Crippen MR) is 127 cm³/mol. The molecule has 0 saturated carbocycles. The molecule has 5 rings (SSSR count). The van der Waals surface area contributed by atoms with Gasteiger partial charge < -0.3 is 0 Å². The molecule has 130 valence electrons. The smallest absolute Gasteiger partial charge is 0.0181 e. The molecule has 0 unspecified atom stereocenters. The number of halogens is 3. The minimum Gasteiger partial charge on any atom is -0.0537 e. The van der Waals surface area contributed by atoms with Crippen LogP contribution in [0, 0.1) is 0 Å². The summed E-state index contributed by atoms with van der Waals surface area (Å²) in [7, 11) is 0. The van der Waals surface area contributed by atoms with Gasteiger partial charge in [0.15, 0.2) is 0 Å². The normalized spacial score (nSPS) is 11.5. The molecule has 0 aliphatic rings. The molecule has 0 spiro atoms. The van der Waals surface area contributed by atoms with E-state index >= 15 is 0 Å². The highest BCUT2D eigenvalue weighted by Gasteiger charge is 2.11. The highest BCUT2D eigenvalue weighted by molar-refractivity contribution is 9.11. The molecule has 0 fully saturated rings. The van der Waals surface area contributed by atoms with E-state index in [1.807, 2.05) is 0 Å².